The molecule has 0 radical (unpaired) electrons. The monoisotopic (exact) mass is 301 g/mol. The van der Waals surface area contributed by atoms with Gasteiger partial charge in [-0.05, 0) is 24.8 Å². The van der Waals surface area contributed by atoms with Crippen molar-refractivity contribution in [2.45, 2.75) is 37.8 Å². The van der Waals surface area contributed by atoms with Crippen molar-refractivity contribution in [2.24, 2.45) is 11.7 Å². The van der Waals surface area contributed by atoms with Crippen molar-refractivity contribution in [2.75, 3.05) is 13.1 Å². The van der Waals surface area contributed by atoms with Gasteiger partial charge in [-0.3, -0.25) is 9.59 Å². The van der Waals surface area contributed by atoms with Crippen molar-refractivity contribution >= 4 is 11.8 Å². The summed E-state index contributed by atoms with van der Waals surface area (Å²) >= 11 is 0. The van der Waals surface area contributed by atoms with Crippen LogP contribution in [0.2, 0.25) is 0 Å². The zero-order valence-electron chi connectivity index (χ0n) is 12.7. The minimum absolute atomic E-state index is 0.00674. The van der Waals surface area contributed by atoms with Crippen LogP contribution in [-0.4, -0.2) is 35.8 Å². The summed E-state index contributed by atoms with van der Waals surface area (Å²) in [6.45, 7) is 1.09. The number of rotatable bonds is 2. The first-order chi connectivity index (χ1) is 10.6. The van der Waals surface area contributed by atoms with Crippen molar-refractivity contribution in [3.8, 4) is 0 Å². The molecule has 1 aliphatic carbocycles. The van der Waals surface area contributed by atoms with Gasteiger partial charge >= 0.3 is 0 Å². The zero-order valence-corrected chi connectivity index (χ0v) is 12.7. The minimum Gasteiger partial charge on any atom is -0.354 e. The van der Waals surface area contributed by atoms with Gasteiger partial charge in [-0.2, -0.15) is 0 Å². The second-order valence-electron chi connectivity index (χ2n) is 6.28. The number of nitrogens with one attached hydrogen (secondary N) is 1. The number of nitrogens with two attached hydrogens (primary N) is 1. The highest BCUT2D eigenvalue weighted by Crippen LogP contribution is 2.32. The maximum atomic E-state index is 12.9. The molecule has 1 aliphatic heterocycles. The smallest absolute Gasteiger partial charge is 0.226 e. The Labute approximate surface area is 130 Å². The van der Waals surface area contributed by atoms with Gasteiger partial charge < -0.3 is 16.0 Å². The van der Waals surface area contributed by atoms with Crippen LogP contribution in [-0.2, 0) is 9.59 Å². The molecule has 1 saturated carbocycles. The molecule has 0 aromatic heterocycles. The quantitative estimate of drug-likeness (QED) is 0.862. The lowest BCUT2D eigenvalue weighted by Gasteiger charge is -2.31. The van der Waals surface area contributed by atoms with Crippen LogP contribution in [0.3, 0.4) is 0 Å². The highest BCUT2D eigenvalue weighted by molar-refractivity contribution is 5.83. The third kappa shape index (κ3) is 3.14. The number of carbonyl (C=O) groups is 2. The second-order valence-corrected chi connectivity index (χ2v) is 6.28. The van der Waals surface area contributed by atoms with Crippen molar-refractivity contribution in [3.05, 3.63) is 35.9 Å². The Morgan fingerprint density at radius 3 is 2.68 bits per heavy atom. The number of benzene rings is 1. The van der Waals surface area contributed by atoms with Gasteiger partial charge in [-0.25, -0.2) is 0 Å². The molecule has 1 heterocycles. The molecule has 22 heavy (non-hydrogen) atoms. The first-order valence-corrected chi connectivity index (χ1v) is 8.03. The molecule has 1 saturated heterocycles. The summed E-state index contributed by atoms with van der Waals surface area (Å²) in [5, 5.41) is 2.87. The van der Waals surface area contributed by atoms with Crippen LogP contribution in [0.1, 0.15) is 37.3 Å². The Kier molecular flexibility index (Phi) is 4.43. The molecule has 1 aromatic carbocycles. The maximum absolute atomic E-state index is 12.9. The van der Waals surface area contributed by atoms with E-state index < -0.39 is 0 Å². The van der Waals surface area contributed by atoms with Crippen molar-refractivity contribution < 1.29 is 9.59 Å². The van der Waals surface area contributed by atoms with Crippen molar-refractivity contribution in [1.29, 1.82) is 0 Å². The average molecular weight is 301 g/mol. The largest absolute Gasteiger partial charge is 0.354 e. The van der Waals surface area contributed by atoms with Gasteiger partial charge in [0.05, 0.1) is 12.5 Å². The van der Waals surface area contributed by atoms with E-state index in [-0.39, 0.29) is 29.8 Å². The van der Waals surface area contributed by atoms with Crippen LogP contribution in [0.15, 0.2) is 30.3 Å². The lowest BCUT2D eigenvalue weighted by atomic mass is 9.99. The number of carbonyl (C=O) groups excluding carboxylic acids is 2. The Balaban J connectivity index is 1.85. The molecule has 1 aromatic rings. The normalized spacial score (nSPS) is 29.0. The first-order valence-electron chi connectivity index (χ1n) is 8.03. The van der Waals surface area contributed by atoms with Gasteiger partial charge in [-0.15, -0.1) is 0 Å². The fraction of sp³-hybridized carbons (Fsp3) is 0.529. The molecule has 3 atom stereocenters. The second kappa shape index (κ2) is 6.48. The maximum Gasteiger partial charge on any atom is 0.226 e. The Hall–Kier alpha value is -1.88. The van der Waals surface area contributed by atoms with Crippen LogP contribution in [0.4, 0.5) is 0 Å². The van der Waals surface area contributed by atoms with Gasteiger partial charge in [0.25, 0.3) is 0 Å². The van der Waals surface area contributed by atoms with E-state index >= 15 is 0 Å². The molecule has 5 nitrogen and oxygen atoms in total. The highest BCUT2D eigenvalue weighted by atomic mass is 16.2. The van der Waals surface area contributed by atoms with Gasteiger partial charge in [0.1, 0.15) is 0 Å². The molecular weight excluding hydrogens is 278 g/mol. The van der Waals surface area contributed by atoms with E-state index in [2.05, 4.69) is 5.32 Å². The standard InChI is InChI=1S/C17H23N3O2/c18-14-7-6-13(10-14)17(22)20-9-8-19-16(21)11-15(20)12-4-2-1-3-5-12/h1-5,13-15H,6-11,18H2,(H,19,21). The molecule has 0 bridgehead atoms. The highest BCUT2D eigenvalue weighted by Gasteiger charge is 2.36. The summed E-state index contributed by atoms with van der Waals surface area (Å²) in [6.07, 6.45) is 2.86. The average Bonchev–Trinajstić information content (AvgIpc) is 2.86. The van der Waals surface area contributed by atoms with Crippen molar-refractivity contribution in [1.82, 2.24) is 10.2 Å². The Morgan fingerprint density at radius 1 is 1.23 bits per heavy atom. The summed E-state index contributed by atoms with van der Waals surface area (Å²) in [7, 11) is 0. The lowest BCUT2D eigenvalue weighted by Crippen LogP contribution is -2.40. The predicted octanol–water partition coefficient (Wildman–Crippen LogP) is 1.20. The molecule has 3 N–H and O–H groups in total. The number of amides is 2. The SMILES string of the molecule is NC1CCC(C(=O)N2CCNC(=O)CC2c2ccccc2)C1. The van der Waals surface area contributed by atoms with Gasteiger partial charge in [0.15, 0.2) is 0 Å². The topological polar surface area (TPSA) is 75.4 Å². The number of hydrogen-bond acceptors (Lipinski definition) is 3. The van der Waals surface area contributed by atoms with Crippen LogP contribution < -0.4 is 11.1 Å². The fourth-order valence-electron chi connectivity index (χ4n) is 3.54. The van der Waals surface area contributed by atoms with Gasteiger partial charge in [-0.1, -0.05) is 30.3 Å². The van der Waals surface area contributed by atoms with Crippen LogP contribution in [0, 0.1) is 5.92 Å². The molecule has 0 spiro atoms. The Bertz CT molecular complexity index is 546. The Morgan fingerprint density at radius 2 is 2.00 bits per heavy atom. The molecule has 118 valence electrons. The van der Waals surface area contributed by atoms with E-state index in [4.69, 9.17) is 5.73 Å². The number of hydrogen-bond donors (Lipinski definition) is 2. The summed E-state index contributed by atoms with van der Waals surface area (Å²) in [5.74, 6) is 0.167. The van der Waals surface area contributed by atoms with E-state index in [1.165, 1.54) is 0 Å². The van der Waals surface area contributed by atoms with E-state index in [0.29, 0.717) is 19.5 Å². The van der Waals surface area contributed by atoms with E-state index in [0.717, 1.165) is 24.8 Å². The molecule has 2 fully saturated rings. The van der Waals surface area contributed by atoms with Crippen LogP contribution in [0.5, 0.6) is 0 Å². The molecular formula is C17H23N3O2. The molecule has 3 rings (SSSR count). The minimum atomic E-state index is -0.173. The zero-order chi connectivity index (χ0) is 15.5. The molecule has 5 heteroatoms. The summed E-state index contributed by atoms with van der Waals surface area (Å²) in [4.78, 5) is 26.7. The van der Waals surface area contributed by atoms with Crippen LogP contribution in [0.25, 0.3) is 0 Å². The van der Waals surface area contributed by atoms with Crippen LogP contribution >= 0.6 is 0 Å². The third-order valence-corrected chi connectivity index (χ3v) is 4.72. The first kappa shape index (κ1) is 15.0. The molecule has 3 unspecified atom stereocenters. The lowest BCUT2D eigenvalue weighted by molar-refractivity contribution is -0.138. The fourth-order valence-corrected chi connectivity index (χ4v) is 3.54. The molecule has 2 aliphatic rings. The van der Waals surface area contributed by atoms with E-state index in [1.807, 2.05) is 35.2 Å². The molecule has 2 amide bonds. The van der Waals surface area contributed by atoms with E-state index in [1.54, 1.807) is 0 Å². The van der Waals surface area contributed by atoms with Gasteiger partial charge in [0, 0.05) is 25.0 Å². The summed E-state index contributed by atoms with van der Waals surface area (Å²) < 4.78 is 0. The predicted molar refractivity (Wildman–Crippen MR) is 83.8 cm³/mol. The third-order valence-electron chi connectivity index (χ3n) is 4.72. The summed E-state index contributed by atoms with van der Waals surface area (Å²) in [5.41, 5.74) is 6.98. The van der Waals surface area contributed by atoms with E-state index in [9.17, 15) is 9.59 Å². The number of nitrogens with zero attached hydrogens (tertiary/aromatic N) is 1. The summed E-state index contributed by atoms with van der Waals surface area (Å²) in [6, 6.07) is 9.79. The van der Waals surface area contributed by atoms with Crippen molar-refractivity contribution in [3.63, 3.8) is 0 Å². The van der Waals surface area contributed by atoms with Gasteiger partial charge in [0.2, 0.25) is 11.8 Å².